The second kappa shape index (κ2) is 7.55. The Morgan fingerprint density at radius 3 is 2.56 bits per heavy atom. The number of piperazine rings is 1. The zero-order valence-corrected chi connectivity index (χ0v) is 16.2. The molecule has 1 aromatic rings. The summed E-state index contributed by atoms with van der Waals surface area (Å²) in [6.45, 7) is 7.69. The molecular formula is C17H21N5O4S. The number of hydrogen-bond donors (Lipinski definition) is 1. The highest BCUT2D eigenvalue weighted by molar-refractivity contribution is 8.18. The second-order valence-corrected chi connectivity index (χ2v) is 8.10. The number of thioether (sulfide) groups is 1. The van der Waals surface area contributed by atoms with Crippen LogP contribution in [0.15, 0.2) is 17.2 Å². The maximum absolute atomic E-state index is 12.1. The van der Waals surface area contributed by atoms with Crippen molar-refractivity contribution in [2.45, 2.75) is 26.4 Å². The predicted octanol–water partition coefficient (Wildman–Crippen LogP) is 1.86. The zero-order valence-electron chi connectivity index (χ0n) is 15.4. The van der Waals surface area contributed by atoms with Gasteiger partial charge in [-0.2, -0.15) is 0 Å². The predicted molar refractivity (Wildman–Crippen MR) is 101 cm³/mol. The molecular weight excluding hydrogens is 370 g/mol. The van der Waals surface area contributed by atoms with Crippen molar-refractivity contribution in [1.29, 1.82) is 0 Å². The number of rotatable bonds is 2. The summed E-state index contributed by atoms with van der Waals surface area (Å²) < 4.78 is 5.39. The van der Waals surface area contributed by atoms with Gasteiger partial charge >= 0.3 is 6.09 Å². The van der Waals surface area contributed by atoms with Gasteiger partial charge in [-0.15, -0.1) is 0 Å². The number of nitrogens with one attached hydrogen (secondary N) is 1. The van der Waals surface area contributed by atoms with E-state index in [4.69, 9.17) is 4.74 Å². The molecule has 2 saturated heterocycles. The van der Waals surface area contributed by atoms with Gasteiger partial charge in [0.05, 0.1) is 10.6 Å². The van der Waals surface area contributed by atoms with Crippen LogP contribution < -0.4 is 10.2 Å². The molecule has 2 aliphatic rings. The first kappa shape index (κ1) is 19.2. The smallest absolute Gasteiger partial charge is 0.410 e. The lowest BCUT2D eigenvalue weighted by molar-refractivity contribution is -0.115. The summed E-state index contributed by atoms with van der Waals surface area (Å²) in [6.07, 6.45) is 2.84. The average Bonchev–Trinajstić information content (AvgIpc) is 2.91. The molecule has 2 aliphatic heterocycles. The van der Waals surface area contributed by atoms with Gasteiger partial charge in [-0.1, -0.05) is 0 Å². The van der Waals surface area contributed by atoms with E-state index in [1.165, 1.54) is 0 Å². The number of amides is 3. The molecule has 0 unspecified atom stereocenters. The van der Waals surface area contributed by atoms with Crippen LogP contribution in [0.4, 0.5) is 15.5 Å². The van der Waals surface area contributed by atoms with Crippen LogP contribution in [-0.2, 0) is 9.53 Å². The van der Waals surface area contributed by atoms with Gasteiger partial charge in [0.2, 0.25) is 5.95 Å². The summed E-state index contributed by atoms with van der Waals surface area (Å²) in [5, 5.41) is 1.82. The third-order valence-electron chi connectivity index (χ3n) is 3.80. The lowest BCUT2D eigenvalue weighted by Gasteiger charge is -2.35. The van der Waals surface area contributed by atoms with Gasteiger partial charge in [-0.05, 0) is 44.7 Å². The molecule has 0 aromatic carbocycles. The molecule has 9 nitrogen and oxygen atoms in total. The SMILES string of the molecule is CC(C)(C)OC(=O)N1CCN(c2nccc(/C=C3\SC(=O)NC3=O)n2)CC1. The standard InChI is InChI=1S/C17H21N5O4S/c1-17(2,3)26-16(25)22-8-6-21(7-9-22)14-18-5-4-11(19-14)10-12-13(23)20-15(24)27-12/h4-5,10H,6-9H2,1-3H3,(H,20,23,24)/b12-10-. The fourth-order valence-corrected chi connectivity index (χ4v) is 3.23. The fraction of sp³-hybridized carbons (Fsp3) is 0.471. The van der Waals surface area contributed by atoms with E-state index in [0.29, 0.717) is 42.7 Å². The van der Waals surface area contributed by atoms with E-state index >= 15 is 0 Å². The molecule has 3 heterocycles. The molecule has 10 heteroatoms. The third kappa shape index (κ3) is 4.97. The van der Waals surface area contributed by atoms with Crippen molar-refractivity contribution >= 4 is 41.0 Å². The van der Waals surface area contributed by atoms with Gasteiger partial charge < -0.3 is 14.5 Å². The number of carbonyl (C=O) groups excluding carboxylic acids is 3. The van der Waals surface area contributed by atoms with Crippen LogP contribution in [0.5, 0.6) is 0 Å². The van der Waals surface area contributed by atoms with E-state index in [2.05, 4.69) is 15.3 Å². The van der Waals surface area contributed by atoms with Crippen molar-refractivity contribution in [3.05, 3.63) is 22.9 Å². The van der Waals surface area contributed by atoms with Crippen molar-refractivity contribution in [3.63, 3.8) is 0 Å². The summed E-state index contributed by atoms with van der Waals surface area (Å²) >= 11 is 0.847. The molecule has 2 fully saturated rings. The largest absolute Gasteiger partial charge is 0.444 e. The van der Waals surface area contributed by atoms with Crippen LogP contribution in [0.25, 0.3) is 6.08 Å². The minimum atomic E-state index is -0.523. The van der Waals surface area contributed by atoms with E-state index < -0.39 is 16.7 Å². The van der Waals surface area contributed by atoms with Crippen LogP contribution in [-0.4, -0.2) is 63.9 Å². The number of nitrogens with zero attached hydrogens (tertiary/aromatic N) is 4. The Morgan fingerprint density at radius 1 is 1.26 bits per heavy atom. The Bertz CT molecular complexity index is 797. The Morgan fingerprint density at radius 2 is 1.96 bits per heavy atom. The van der Waals surface area contributed by atoms with E-state index in [9.17, 15) is 14.4 Å². The van der Waals surface area contributed by atoms with Gasteiger partial charge in [-0.25, -0.2) is 14.8 Å². The minimum Gasteiger partial charge on any atom is -0.444 e. The second-order valence-electron chi connectivity index (χ2n) is 7.09. The lowest BCUT2D eigenvalue weighted by Crippen LogP contribution is -2.50. The van der Waals surface area contributed by atoms with E-state index in [0.717, 1.165) is 11.8 Å². The molecule has 0 aliphatic carbocycles. The quantitative estimate of drug-likeness (QED) is 0.762. The maximum atomic E-state index is 12.1. The molecule has 27 heavy (non-hydrogen) atoms. The summed E-state index contributed by atoms with van der Waals surface area (Å²) in [7, 11) is 0. The maximum Gasteiger partial charge on any atom is 0.410 e. The first-order chi connectivity index (χ1) is 12.7. The van der Waals surface area contributed by atoms with E-state index in [1.54, 1.807) is 23.2 Å². The Hall–Kier alpha value is -2.62. The molecule has 0 bridgehead atoms. The van der Waals surface area contributed by atoms with Crippen molar-refractivity contribution in [2.24, 2.45) is 0 Å². The summed E-state index contributed by atoms with van der Waals surface area (Å²) in [5.74, 6) is 0.0963. The van der Waals surface area contributed by atoms with Gasteiger partial charge in [0.25, 0.3) is 11.1 Å². The topological polar surface area (TPSA) is 105 Å². The normalized spacial score (nSPS) is 19.4. The van der Waals surface area contributed by atoms with Crippen molar-refractivity contribution in [2.75, 3.05) is 31.1 Å². The fourth-order valence-electron chi connectivity index (χ4n) is 2.57. The molecule has 0 saturated carbocycles. The first-order valence-corrected chi connectivity index (χ1v) is 9.34. The summed E-state index contributed by atoms with van der Waals surface area (Å²) in [4.78, 5) is 47.7. The molecule has 3 amide bonds. The molecule has 0 radical (unpaired) electrons. The average molecular weight is 391 g/mol. The Balaban J connectivity index is 1.64. The number of anilines is 1. The number of hydrogen-bond acceptors (Lipinski definition) is 8. The van der Waals surface area contributed by atoms with Gasteiger partial charge in [0, 0.05) is 32.4 Å². The Labute approximate surface area is 161 Å². The van der Waals surface area contributed by atoms with Crippen LogP contribution in [0, 0.1) is 0 Å². The van der Waals surface area contributed by atoms with Crippen LogP contribution in [0.2, 0.25) is 0 Å². The van der Waals surface area contributed by atoms with Crippen molar-refractivity contribution in [3.8, 4) is 0 Å². The molecule has 1 N–H and O–H groups in total. The highest BCUT2D eigenvalue weighted by Crippen LogP contribution is 2.25. The van der Waals surface area contributed by atoms with E-state index in [-0.39, 0.29) is 6.09 Å². The third-order valence-corrected chi connectivity index (χ3v) is 4.61. The first-order valence-electron chi connectivity index (χ1n) is 8.52. The van der Waals surface area contributed by atoms with Gasteiger partial charge in [-0.3, -0.25) is 14.9 Å². The van der Waals surface area contributed by atoms with Crippen molar-refractivity contribution in [1.82, 2.24) is 20.2 Å². The number of imide groups is 1. The number of carbonyl (C=O) groups is 3. The van der Waals surface area contributed by atoms with Crippen LogP contribution >= 0.6 is 11.8 Å². The zero-order chi connectivity index (χ0) is 19.6. The summed E-state index contributed by atoms with van der Waals surface area (Å²) in [5.41, 5.74) is 0.0207. The molecule has 0 atom stereocenters. The molecule has 1 aromatic heterocycles. The summed E-state index contributed by atoms with van der Waals surface area (Å²) in [6, 6.07) is 1.67. The monoisotopic (exact) mass is 391 g/mol. The highest BCUT2D eigenvalue weighted by atomic mass is 32.2. The Kier molecular flexibility index (Phi) is 5.36. The van der Waals surface area contributed by atoms with E-state index in [1.807, 2.05) is 25.7 Å². The highest BCUT2D eigenvalue weighted by Gasteiger charge is 2.27. The number of ether oxygens (including phenoxy) is 1. The minimum absolute atomic E-state index is 0.305. The lowest BCUT2D eigenvalue weighted by atomic mass is 10.2. The molecule has 3 rings (SSSR count). The van der Waals surface area contributed by atoms with Gasteiger partial charge in [0.15, 0.2) is 0 Å². The molecule has 144 valence electrons. The number of aromatic nitrogens is 2. The van der Waals surface area contributed by atoms with Crippen LogP contribution in [0.3, 0.4) is 0 Å². The van der Waals surface area contributed by atoms with Gasteiger partial charge in [0.1, 0.15) is 5.60 Å². The van der Waals surface area contributed by atoms with Crippen LogP contribution in [0.1, 0.15) is 26.5 Å². The molecule has 0 spiro atoms. The van der Waals surface area contributed by atoms with Crippen molar-refractivity contribution < 1.29 is 19.1 Å².